The second-order valence-electron chi connectivity index (χ2n) is 4.85. The van der Waals surface area contributed by atoms with Crippen molar-refractivity contribution in [1.29, 1.82) is 0 Å². The lowest BCUT2D eigenvalue weighted by molar-refractivity contribution is 0.222. The first-order valence-electron chi connectivity index (χ1n) is 6.62. The number of sulfonamides is 1. The van der Waals surface area contributed by atoms with Crippen LogP contribution in [0.3, 0.4) is 0 Å². The van der Waals surface area contributed by atoms with Gasteiger partial charge in [0.1, 0.15) is 5.82 Å². The molecule has 2 N–H and O–H groups in total. The SMILES string of the molecule is CN1CCN(S(=O)(=O)c2ccc(C#CCN)c(F)c2)CC1. The molecule has 1 aromatic rings. The van der Waals surface area contributed by atoms with Crippen molar-refractivity contribution in [2.75, 3.05) is 39.8 Å². The third-order valence-electron chi connectivity index (χ3n) is 3.37. The lowest BCUT2D eigenvalue weighted by Crippen LogP contribution is -2.47. The summed E-state index contributed by atoms with van der Waals surface area (Å²) >= 11 is 0. The molecule has 2 rings (SSSR count). The number of benzene rings is 1. The van der Waals surface area contributed by atoms with Crippen molar-refractivity contribution in [3.05, 3.63) is 29.6 Å². The molecule has 0 aromatic heterocycles. The maximum absolute atomic E-state index is 13.9. The quantitative estimate of drug-likeness (QED) is 0.785. The highest BCUT2D eigenvalue weighted by molar-refractivity contribution is 7.89. The molecule has 21 heavy (non-hydrogen) atoms. The Bertz CT molecular complexity index is 671. The molecule has 1 aliphatic rings. The molecule has 0 saturated carbocycles. The summed E-state index contributed by atoms with van der Waals surface area (Å²) in [6.45, 7) is 2.29. The Hall–Kier alpha value is -1.46. The Kier molecular flexibility index (Phi) is 4.96. The second-order valence-corrected chi connectivity index (χ2v) is 6.79. The van der Waals surface area contributed by atoms with Gasteiger partial charge >= 0.3 is 0 Å². The number of nitrogens with two attached hydrogens (primary N) is 1. The first kappa shape index (κ1) is 15.9. The van der Waals surface area contributed by atoms with Gasteiger partial charge in [-0.3, -0.25) is 0 Å². The molecule has 0 aliphatic carbocycles. The van der Waals surface area contributed by atoms with E-state index in [-0.39, 0.29) is 17.0 Å². The molecule has 1 heterocycles. The molecule has 0 radical (unpaired) electrons. The first-order valence-corrected chi connectivity index (χ1v) is 8.06. The highest BCUT2D eigenvalue weighted by Gasteiger charge is 2.27. The fourth-order valence-corrected chi connectivity index (χ4v) is 3.52. The molecule has 1 aliphatic heterocycles. The van der Waals surface area contributed by atoms with Crippen LogP contribution in [0.2, 0.25) is 0 Å². The number of likely N-dealkylation sites (N-methyl/N-ethyl adjacent to an activating group) is 1. The number of piperazine rings is 1. The zero-order valence-corrected chi connectivity index (χ0v) is 12.7. The number of hydrogen-bond acceptors (Lipinski definition) is 4. The summed E-state index contributed by atoms with van der Waals surface area (Å²) in [4.78, 5) is 2.01. The molecule has 1 fully saturated rings. The van der Waals surface area contributed by atoms with Crippen LogP contribution in [0.4, 0.5) is 4.39 Å². The molecule has 0 amide bonds. The van der Waals surface area contributed by atoms with Crippen molar-refractivity contribution in [2.45, 2.75) is 4.90 Å². The predicted octanol–water partition coefficient (Wildman–Crippen LogP) is 0.0720. The smallest absolute Gasteiger partial charge is 0.243 e. The normalized spacial score (nSPS) is 17.3. The van der Waals surface area contributed by atoms with Crippen LogP contribution in [0.15, 0.2) is 23.1 Å². The van der Waals surface area contributed by atoms with Gasteiger partial charge in [0.2, 0.25) is 10.0 Å². The Morgan fingerprint density at radius 2 is 1.95 bits per heavy atom. The summed E-state index contributed by atoms with van der Waals surface area (Å²) in [6.07, 6.45) is 0. The lowest BCUT2D eigenvalue weighted by Gasteiger charge is -2.31. The van der Waals surface area contributed by atoms with E-state index in [1.54, 1.807) is 0 Å². The number of rotatable bonds is 2. The highest BCUT2D eigenvalue weighted by Crippen LogP contribution is 2.19. The summed E-state index contributed by atoms with van der Waals surface area (Å²) in [7, 11) is -1.71. The molecule has 0 atom stereocenters. The Morgan fingerprint density at radius 1 is 1.29 bits per heavy atom. The summed E-state index contributed by atoms with van der Waals surface area (Å²) in [6, 6.07) is 3.78. The summed E-state index contributed by atoms with van der Waals surface area (Å²) in [5.41, 5.74) is 5.38. The van der Waals surface area contributed by atoms with E-state index >= 15 is 0 Å². The minimum atomic E-state index is -3.65. The van der Waals surface area contributed by atoms with Crippen LogP contribution in [0.5, 0.6) is 0 Å². The maximum atomic E-state index is 13.9. The minimum Gasteiger partial charge on any atom is -0.320 e. The first-order chi connectivity index (χ1) is 9.95. The third kappa shape index (κ3) is 3.60. The van der Waals surface area contributed by atoms with Crippen LogP contribution in [0.1, 0.15) is 5.56 Å². The van der Waals surface area contributed by atoms with Crippen molar-refractivity contribution in [1.82, 2.24) is 9.21 Å². The van der Waals surface area contributed by atoms with E-state index in [2.05, 4.69) is 16.7 Å². The van der Waals surface area contributed by atoms with Crippen molar-refractivity contribution in [3.63, 3.8) is 0 Å². The van der Waals surface area contributed by atoms with E-state index in [9.17, 15) is 12.8 Å². The highest BCUT2D eigenvalue weighted by atomic mass is 32.2. The molecule has 0 unspecified atom stereocenters. The second kappa shape index (κ2) is 6.54. The molecule has 0 bridgehead atoms. The van der Waals surface area contributed by atoms with Gasteiger partial charge in [0, 0.05) is 26.2 Å². The fourth-order valence-electron chi connectivity index (χ4n) is 2.08. The molecule has 7 heteroatoms. The summed E-state index contributed by atoms with van der Waals surface area (Å²) < 4.78 is 40.2. The van der Waals surface area contributed by atoms with Crippen molar-refractivity contribution < 1.29 is 12.8 Å². The van der Waals surface area contributed by atoms with Crippen molar-refractivity contribution in [2.24, 2.45) is 5.73 Å². The van der Waals surface area contributed by atoms with Crippen molar-refractivity contribution in [3.8, 4) is 11.8 Å². The van der Waals surface area contributed by atoms with E-state index < -0.39 is 15.8 Å². The molecule has 1 aromatic carbocycles. The Labute approximate surface area is 124 Å². The maximum Gasteiger partial charge on any atom is 0.243 e. The zero-order chi connectivity index (χ0) is 15.5. The van der Waals surface area contributed by atoms with E-state index in [0.717, 1.165) is 6.07 Å². The predicted molar refractivity (Wildman–Crippen MR) is 78.6 cm³/mol. The van der Waals surface area contributed by atoms with Crippen LogP contribution in [-0.2, 0) is 10.0 Å². The molecule has 5 nitrogen and oxygen atoms in total. The van der Waals surface area contributed by atoms with Gasteiger partial charge in [-0.1, -0.05) is 11.8 Å². The molecule has 0 spiro atoms. The van der Waals surface area contributed by atoms with E-state index in [1.165, 1.54) is 16.4 Å². The van der Waals surface area contributed by atoms with Gasteiger partial charge in [-0.05, 0) is 25.2 Å². The van der Waals surface area contributed by atoms with Gasteiger partial charge in [0.25, 0.3) is 0 Å². The van der Waals surface area contributed by atoms with Gasteiger partial charge in [0.05, 0.1) is 17.0 Å². The largest absolute Gasteiger partial charge is 0.320 e. The summed E-state index contributed by atoms with van der Waals surface area (Å²) in [5.74, 6) is 4.47. The molecular formula is C14H18FN3O2S. The van der Waals surface area contributed by atoms with E-state index in [1.807, 2.05) is 7.05 Å². The van der Waals surface area contributed by atoms with Crippen LogP contribution in [0, 0.1) is 17.7 Å². The minimum absolute atomic E-state index is 0.0390. The van der Waals surface area contributed by atoms with Crippen molar-refractivity contribution >= 4 is 10.0 Å². The number of nitrogens with zero attached hydrogens (tertiary/aromatic N) is 2. The molecule has 1 saturated heterocycles. The van der Waals surface area contributed by atoms with Gasteiger partial charge in [0.15, 0.2) is 0 Å². The number of hydrogen-bond donors (Lipinski definition) is 1. The van der Waals surface area contributed by atoms with Gasteiger partial charge < -0.3 is 10.6 Å². The third-order valence-corrected chi connectivity index (χ3v) is 5.26. The average Bonchev–Trinajstić information content (AvgIpc) is 2.46. The van der Waals surface area contributed by atoms with Crippen LogP contribution < -0.4 is 5.73 Å². The zero-order valence-electron chi connectivity index (χ0n) is 11.8. The lowest BCUT2D eigenvalue weighted by atomic mass is 10.2. The molecular weight excluding hydrogens is 293 g/mol. The monoisotopic (exact) mass is 311 g/mol. The van der Waals surface area contributed by atoms with Crippen LogP contribution >= 0.6 is 0 Å². The van der Waals surface area contributed by atoms with Crippen LogP contribution in [0.25, 0.3) is 0 Å². The van der Waals surface area contributed by atoms with E-state index in [0.29, 0.717) is 26.2 Å². The fraction of sp³-hybridized carbons (Fsp3) is 0.429. The molecule has 114 valence electrons. The Balaban J connectivity index is 2.26. The summed E-state index contributed by atoms with van der Waals surface area (Å²) in [5, 5.41) is 0. The van der Waals surface area contributed by atoms with Gasteiger partial charge in [-0.15, -0.1) is 0 Å². The Morgan fingerprint density at radius 3 is 2.52 bits per heavy atom. The van der Waals surface area contributed by atoms with Gasteiger partial charge in [-0.25, -0.2) is 12.8 Å². The topological polar surface area (TPSA) is 66.6 Å². The average molecular weight is 311 g/mol. The number of halogens is 1. The van der Waals surface area contributed by atoms with Crippen LogP contribution in [-0.4, -0.2) is 57.4 Å². The van der Waals surface area contributed by atoms with Gasteiger partial charge in [-0.2, -0.15) is 4.31 Å². The van der Waals surface area contributed by atoms with E-state index in [4.69, 9.17) is 5.73 Å². The standard InChI is InChI=1S/C14H18FN3O2S/c1-17-7-9-18(10-8-17)21(19,20)13-5-4-12(3-2-6-16)14(15)11-13/h4-5,11H,6-10,16H2,1H3.